The number of H-pyrrole nitrogens is 2. The van der Waals surface area contributed by atoms with Crippen LogP contribution in [-0.2, 0) is 0 Å². The number of aromatic hydroxyl groups is 1. The SMILES string of the molecule is O=C(Nc1ccc(F)cc1)c1c(O)[nH]c(=S)[nH]c1=O. The zero-order valence-electron chi connectivity index (χ0n) is 9.36. The minimum absolute atomic E-state index is 0.0965. The number of halogens is 1. The van der Waals surface area contributed by atoms with Gasteiger partial charge in [0.15, 0.2) is 10.3 Å². The summed E-state index contributed by atoms with van der Waals surface area (Å²) in [5.41, 5.74) is -1.04. The Labute approximate surface area is 110 Å². The molecule has 0 aliphatic carbocycles. The number of aromatic nitrogens is 2. The van der Waals surface area contributed by atoms with Gasteiger partial charge in [-0.05, 0) is 36.5 Å². The summed E-state index contributed by atoms with van der Waals surface area (Å²) >= 11 is 4.63. The van der Waals surface area contributed by atoms with Crippen molar-refractivity contribution < 1.29 is 14.3 Å². The normalized spacial score (nSPS) is 10.2. The van der Waals surface area contributed by atoms with Gasteiger partial charge in [-0.2, -0.15) is 0 Å². The number of hydrogen-bond donors (Lipinski definition) is 4. The van der Waals surface area contributed by atoms with E-state index in [1.165, 1.54) is 12.1 Å². The van der Waals surface area contributed by atoms with Gasteiger partial charge in [-0.1, -0.05) is 0 Å². The van der Waals surface area contributed by atoms with Crippen LogP contribution in [0.25, 0.3) is 0 Å². The van der Waals surface area contributed by atoms with Crippen LogP contribution >= 0.6 is 12.2 Å². The monoisotopic (exact) mass is 281 g/mol. The molecule has 1 heterocycles. The van der Waals surface area contributed by atoms with Gasteiger partial charge >= 0.3 is 0 Å². The molecule has 2 aromatic rings. The molecule has 0 aliphatic rings. The fourth-order valence-electron chi connectivity index (χ4n) is 1.41. The lowest BCUT2D eigenvalue weighted by molar-refractivity contribution is 0.102. The van der Waals surface area contributed by atoms with Gasteiger partial charge in [-0.3, -0.25) is 14.6 Å². The number of benzene rings is 1. The Hall–Kier alpha value is -2.48. The number of nitrogens with one attached hydrogen (secondary N) is 3. The molecule has 0 bridgehead atoms. The molecule has 6 nitrogen and oxygen atoms in total. The lowest BCUT2D eigenvalue weighted by atomic mass is 10.2. The maximum Gasteiger partial charge on any atom is 0.268 e. The minimum atomic E-state index is -0.836. The predicted octanol–water partition coefficient (Wildman–Crippen LogP) is 1.53. The summed E-state index contributed by atoms with van der Waals surface area (Å²) in [5, 5.41) is 11.8. The highest BCUT2D eigenvalue weighted by Crippen LogP contribution is 2.12. The first kappa shape index (κ1) is 13.0. The van der Waals surface area contributed by atoms with E-state index in [-0.39, 0.29) is 10.5 Å². The number of carbonyl (C=O) groups excluding carboxylic acids is 1. The molecule has 0 spiro atoms. The molecular weight excluding hydrogens is 273 g/mol. The quantitative estimate of drug-likeness (QED) is 0.627. The van der Waals surface area contributed by atoms with Gasteiger partial charge in [-0.25, -0.2) is 4.39 Å². The fraction of sp³-hybridized carbons (Fsp3) is 0. The third kappa shape index (κ3) is 2.86. The van der Waals surface area contributed by atoms with Gasteiger partial charge < -0.3 is 15.4 Å². The second kappa shape index (κ2) is 5.02. The number of aromatic amines is 2. The highest BCUT2D eigenvalue weighted by Gasteiger charge is 2.16. The van der Waals surface area contributed by atoms with Gasteiger partial charge in [0, 0.05) is 5.69 Å². The Balaban J connectivity index is 2.33. The topological polar surface area (TPSA) is 98.0 Å². The largest absolute Gasteiger partial charge is 0.494 e. The van der Waals surface area contributed by atoms with Gasteiger partial charge in [0.1, 0.15) is 5.82 Å². The summed E-state index contributed by atoms with van der Waals surface area (Å²) in [5.74, 6) is -1.92. The van der Waals surface area contributed by atoms with E-state index >= 15 is 0 Å². The van der Waals surface area contributed by atoms with E-state index in [1.807, 2.05) is 0 Å². The maximum atomic E-state index is 12.7. The van der Waals surface area contributed by atoms with Gasteiger partial charge in [0.05, 0.1) is 0 Å². The highest BCUT2D eigenvalue weighted by molar-refractivity contribution is 7.71. The van der Waals surface area contributed by atoms with E-state index in [2.05, 4.69) is 27.5 Å². The first-order valence-electron chi connectivity index (χ1n) is 5.10. The number of carbonyl (C=O) groups is 1. The van der Waals surface area contributed by atoms with Gasteiger partial charge in [-0.15, -0.1) is 0 Å². The molecule has 0 radical (unpaired) electrons. The van der Waals surface area contributed by atoms with Crippen LogP contribution in [0.1, 0.15) is 10.4 Å². The third-order valence-electron chi connectivity index (χ3n) is 2.25. The van der Waals surface area contributed by atoms with E-state index in [9.17, 15) is 19.1 Å². The lowest BCUT2D eigenvalue weighted by Gasteiger charge is -2.05. The van der Waals surface area contributed by atoms with Crippen LogP contribution in [0, 0.1) is 10.6 Å². The average molecular weight is 281 g/mol. The van der Waals surface area contributed by atoms with Crippen molar-refractivity contribution in [3.63, 3.8) is 0 Å². The molecule has 1 aromatic heterocycles. The van der Waals surface area contributed by atoms with Gasteiger partial charge in [0.25, 0.3) is 11.5 Å². The first-order chi connectivity index (χ1) is 8.97. The van der Waals surface area contributed by atoms with Gasteiger partial charge in [0.2, 0.25) is 5.88 Å². The fourth-order valence-corrected chi connectivity index (χ4v) is 1.60. The minimum Gasteiger partial charge on any atom is -0.494 e. The van der Waals surface area contributed by atoms with Crippen molar-refractivity contribution in [2.45, 2.75) is 0 Å². The summed E-state index contributed by atoms with van der Waals surface area (Å²) in [6.07, 6.45) is 0. The van der Waals surface area contributed by atoms with E-state index in [1.54, 1.807) is 0 Å². The van der Waals surface area contributed by atoms with Crippen LogP contribution in [0.3, 0.4) is 0 Å². The molecule has 19 heavy (non-hydrogen) atoms. The summed E-state index contributed by atoms with van der Waals surface area (Å²) in [7, 11) is 0. The number of anilines is 1. The van der Waals surface area contributed by atoms with E-state index < -0.39 is 28.7 Å². The Morgan fingerprint density at radius 1 is 1.26 bits per heavy atom. The van der Waals surface area contributed by atoms with Crippen LogP contribution in [0.5, 0.6) is 5.88 Å². The predicted molar refractivity (Wildman–Crippen MR) is 68.3 cm³/mol. The van der Waals surface area contributed by atoms with Crippen molar-refractivity contribution in [3.05, 3.63) is 50.8 Å². The lowest BCUT2D eigenvalue weighted by Crippen LogP contribution is -2.24. The molecule has 0 saturated carbocycles. The molecular formula is C11H8FN3O3S. The molecule has 0 atom stereocenters. The van der Waals surface area contributed by atoms with Crippen molar-refractivity contribution in [3.8, 4) is 5.88 Å². The molecule has 8 heteroatoms. The number of hydrogen-bond acceptors (Lipinski definition) is 4. The molecule has 0 unspecified atom stereocenters. The smallest absolute Gasteiger partial charge is 0.268 e. The Morgan fingerprint density at radius 3 is 2.47 bits per heavy atom. The summed E-state index contributed by atoms with van der Waals surface area (Å²) in [6.45, 7) is 0. The third-order valence-corrected chi connectivity index (χ3v) is 2.46. The van der Waals surface area contributed by atoms with Crippen molar-refractivity contribution >= 4 is 23.8 Å². The second-order valence-corrected chi connectivity index (χ2v) is 4.00. The van der Waals surface area contributed by atoms with Crippen LogP contribution < -0.4 is 10.9 Å². The van der Waals surface area contributed by atoms with Crippen molar-refractivity contribution in [1.29, 1.82) is 0 Å². The van der Waals surface area contributed by atoms with E-state index in [0.29, 0.717) is 0 Å². The Kier molecular flexibility index (Phi) is 3.43. The molecule has 0 aliphatic heterocycles. The maximum absolute atomic E-state index is 12.7. The summed E-state index contributed by atoms with van der Waals surface area (Å²) < 4.78 is 12.6. The Bertz CT molecular complexity index is 736. The van der Waals surface area contributed by atoms with Crippen LogP contribution in [0.2, 0.25) is 0 Å². The van der Waals surface area contributed by atoms with Crippen molar-refractivity contribution in [2.24, 2.45) is 0 Å². The molecule has 1 amide bonds. The molecule has 0 saturated heterocycles. The highest BCUT2D eigenvalue weighted by atomic mass is 32.1. The van der Waals surface area contributed by atoms with Crippen LogP contribution in [-0.4, -0.2) is 21.0 Å². The zero-order chi connectivity index (χ0) is 14.0. The molecule has 2 rings (SSSR count). The molecule has 98 valence electrons. The van der Waals surface area contributed by atoms with Crippen molar-refractivity contribution in [2.75, 3.05) is 5.32 Å². The first-order valence-corrected chi connectivity index (χ1v) is 5.50. The Morgan fingerprint density at radius 2 is 1.89 bits per heavy atom. The number of rotatable bonds is 2. The average Bonchev–Trinajstić information content (AvgIpc) is 2.30. The molecule has 0 fully saturated rings. The number of amides is 1. The standard InChI is InChI=1S/C11H8FN3O3S/c12-5-1-3-6(4-2-5)13-8(16)7-9(17)14-11(19)15-10(7)18/h1-4H,(H,13,16)(H3,14,15,17,18,19). The molecule has 1 aromatic carbocycles. The second-order valence-electron chi connectivity index (χ2n) is 3.59. The van der Waals surface area contributed by atoms with Crippen molar-refractivity contribution in [1.82, 2.24) is 9.97 Å². The van der Waals surface area contributed by atoms with E-state index in [0.717, 1.165) is 12.1 Å². The molecule has 4 N–H and O–H groups in total. The summed E-state index contributed by atoms with van der Waals surface area (Å²) in [4.78, 5) is 27.8. The van der Waals surface area contributed by atoms with E-state index in [4.69, 9.17) is 0 Å². The van der Waals surface area contributed by atoms with Crippen LogP contribution in [0.4, 0.5) is 10.1 Å². The van der Waals surface area contributed by atoms with Crippen LogP contribution in [0.15, 0.2) is 29.1 Å². The zero-order valence-corrected chi connectivity index (χ0v) is 10.2. The summed E-state index contributed by atoms with van der Waals surface area (Å²) in [6, 6.07) is 4.95.